The Hall–Kier alpha value is -2.93. The molecule has 2 aromatic rings. The molecule has 0 unspecified atom stereocenters. The Morgan fingerprint density at radius 2 is 1.97 bits per heavy atom. The molecule has 0 bridgehead atoms. The number of anilines is 1. The number of alkyl halides is 2. The van der Waals surface area contributed by atoms with Crippen LogP contribution < -0.4 is 4.90 Å². The Morgan fingerprint density at radius 1 is 1.19 bits per heavy atom. The predicted octanol–water partition coefficient (Wildman–Crippen LogP) is 5.07. The van der Waals surface area contributed by atoms with Crippen LogP contribution in [0.2, 0.25) is 0 Å². The highest BCUT2D eigenvalue weighted by Crippen LogP contribution is 2.31. The first kappa shape index (κ1) is 22.3. The third-order valence-corrected chi connectivity index (χ3v) is 6.23. The van der Waals surface area contributed by atoms with Crippen molar-refractivity contribution in [3.8, 4) is 0 Å². The van der Waals surface area contributed by atoms with E-state index in [4.69, 9.17) is 0 Å². The van der Waals surface area contributed by atoms with E-state index in [0.29, 0.717) is 18.2 Å². The molecule has 0 aliphatic carbocycles. The molecule has 0 spiro atoms. The van der Waals surface area contributed by atoms with Crippen molar-refractivity contribution >= 4 is 17.1 Å². The SMILES string of the molecule is C=C(C1CCN(C)CC1)N(Cc1ccc(C2=NN=C(C(F)F)C2)cn1)c1cccc(C)c1. The van der Waals surface area contributed by atoms with Gasteiger partial charge >= 0.3 is 0 Å². The summed E-state index contributed by atoms with van der Waals surface area (Å²) >= 11 is 0. The molecule has 1 aromatic carbocycles. The molecule has 3 heterocycles. The van der Waals surface area contributed by atoms with Crippen molar-refractivity contribution in [1.82, 2.24) is 9.88 Å². The zero-order valence-electron chi connectivity index (χ0n) is 18.6. The molecule has 1 saturated heterocycles. The second kappa shape index (κ2) is 9.69. The van der Waals surface area contributed by atoms with E-state index >= 15 is 0 Å². The second-order valence-corrected chi connectivity index (χ2v) is 8.65. The number of aryl methyl sites for hydroxylation is 1. The number of pyridine rings is 1. The van der Waals surface area contributed by atoms with Crippen molar-refractivity contribution in [2.24, 2.45) is 16.1 Å². The highest BCUT2D eigenvalue weighted by Gasteiger charge is 2.25. The lowest BCUT2D eigenvalue weighted by molar-refractivity contribution is 0.224. The molecule has 0 atom stereocenters. The van der Waals surface area contributed by atoms with Crippen molar-refractivity contribution in [3.63, 3.8) is 0 Å². The zero-order chi connectivity index (χ0) is 22.7. The minimum Gasteiger partial charge on any atom is -0.339 e. The number of hydrogen-bond acceptors (Lipinski definition) is 5. The minimum absolute atomic E-state index is 0.0705. The van der Waals surface area contributed by atoms with Crippen molar-refractivity contribution in [3.05, 3.63) is 71.7 Å². The average Bonchev–Trinajstić information content (AvgIpc) is 3.29. The van der Waals surface area contributed by atoms with Gasteiger partial charge < -0.3 is 9.80 Å². The summed E-state index contributed by atoms with van der Waals surface area (Å²) in [5.74, 6) is 0.434. The van der Waals surface area contributed by atoms with Gasteiger partial charge in [0.1, 0.15) is 5.71 Å². The molecular formula is C25H29F2N5. The summed E-state index contributed by atoms with van der Waals surface area (Å²) in [6.07, 6.45) is 1.38. The first-order chi connectivity index (χ1) is 15.4. The molecule has 1 aromatic heterocycles. The zero-order valence-corrected chi connectivity index (χ0v) is 18.6. The standard InChI is InChI=1S/C25H29F2N5/c1-17-5-4-6-22(13-17)32(18(2)19-9-11-31(3)12-10-19)16-21-8-7-20(15-28-21)23-14-24(25(26)27)30-29-23/h4-8,13,15,19,25H,2,9-12,14,16H2,1,3H3. The van der Waals surface area contributed by atoms with E-state index < -0.39 is 6.43 Å². The van der Waals surface area contributed by atoms with Crippen LogP contribution in [-0.4, -0.2) is 47.9 Å². The van der Waals surface area contributed by atoms with Crippen molar-refractivity contribution in [2.45, 2.75) is 39.2 Å². The number of piperidine rings is 1. The fraction of sp³-hybridized carbons (Fsp3) is 0.400. The summed E-state index contributed by atoms with van der Waals surface area (Å²) in [7, 11) is 2.16. The Balaban J connectivity index is 1.52. The molecule has 32 heavy (non-hydrogen) atoms. The van der Waals surface area contributed by atoms with Crippen molar-refractivity contribution < 1.29 is 8.78 Å². The Kier molecular flexibility index (Phi) is 6.74. The van der Waals surface area contributed by atoms with Gasteiger partial charge in [0.05, 0.1) is 18.0 Å². The molecule has 2 aliphatic rings. The number of hydrogen-bond donors (Lipinski definition) is 0. The van der Waals surface area contributed by atoms with Gasteiger partial charge in [0.15, 0.2) is 0 Å². The van der Waals surface area contributed by atoms with E-state index in [0.717, 1.165) is 48.6 Å². The summed E-state index contributed by atoms with van der Waals surface area (Å²) in [6.45, 7) is 9.32. The molecule has 0 N–H and O–H groups in total. The lowest BCUT2D eigenvalue weighted by Crippen LogP contribution is -2.35. The summed E-state index contributed by atoms with van der Waals surface area (Å²) < 4.78 is 25.7. The van der Waals surface area contributed by atoms with Crippen LogP contribution in [0.15, 0.2) is 65.1 Å². The number of benzene rings is 1. The normalized spacial score (nSPS) is 17.4. The van der Waals surface area contributed by atoms with E-state index in [2.05, 4.69) is 69.8 Å². The van der Waals surface area contributed by atoms with Crippen LogP contribution in [0.3, 0.4) is 0 Å². The fourth-order valence-corrected chi connectivity index (χ4v) is 4.21. The van der Waals surface area contributed by atoms with Crippen LogP contribution in [0.5, 0.6) is 0 Å². The smallest absolute Gasteiger partial charge is 0.278 e. The van der Waals surface area contributed by atoms with Crippen LogP contribution in [0, 0.1) is 12.8 Å². The number of likely N-dealkylation sites (tertiary alicyclic amines) is 1. The molecule has 4 rings (SSSR count). The number of aromatic nitrogens is 1. The van der Waals surface area contributed by atoms with Crippen LogP contribution in [0.1, 0.15) is 36.1 Å². The van der Waals surface area contributed by atoms with Crippen LogP contribution in [-0.2, 0) is 6.54 Å². The third kappa shape index (κ3) is 5.10. The summed E-state index contributed by atoms with van der Waals surface area (Å²) in [5.41, 5.74) is 5.37. The highest BCUT2D eigenvalue weighted by molar-refractivity contribution is 6.15. The molecule has 0 amide bonds. The van der Waals surface area contributed by atoms with Gasteiger partial charge in [0, 0.05) is 35.5 Å². The maximum Gasteiger partial charge on any atom is 0.278 e. The van der Waals surface area contributed by atoms with Gasteiger partial charge in [-0.1, -0.05) is 18.7 Å². The minimum atomic E-state index is -2.57. The highest BCUT2D eigenvalue weighted by atomic mass is 19.3. The molecule has 2 aliphatic heterocycles. The van der Waals surface area contributed by atoms with E-state index in [9.17, 15) is 8.78 Å². The molecule has 7 heteroatoms. The quantitative estimate of drug-likeness (QED) is 0.608. The van der Waals surface area contributed by atoms with Crippen LogP contribution in [0.25, 0.3) is 0 Å². The molecular weight excluding hydrogens is 408 g/mol. The third-order valence-electron chi connectivity index (χ3n) is 6.23. The first-order valence-corrected chi connectivity index (χ1v) is 11.0. The van der Waals surface area contributed by atoms with Gasteiger partial charge in [-0.05, 0) is 69.7 Å². The van der Waals surface area contributed by atoms with Crippen LogP contribution in [0.4, 0.5) is 14.5 Å². The average molecular weight is 438 g/mol. The van der Waals surface area contributed by atoms with Crippen LogP contribution >= 0.6 is 0 Å². The lowest BCUT2D eigenvalue weighted by atomic mass is 9.93. The van der Waals surface area contributed by atoms with Gasteiger partial charge in [-0.2, -0.15) is 10.2 Å². The summed E-state index contributed by atoms with van der Waals surface area (Å²) in [6, 6.07) is 12.3. The molecule has 1 fully saturated rings. The topological polar surface area (TPSA) is 44.1 Å². The Labute approximate surface area is 188 Å². The van der Waals surface area contributed by atoms with E-state index in [1.807, 2.05) is 12.1 Å². The number of halogens is 2. The van der Waals surface area contributed by atoms with Gasteiger partial charge in [-0.3, -0.25) is 4.98 Å². The molecule has 0 radical (unpaired) electrons. The number of nitrogens with zero attached hydrogens (tertiary/aromatic N) is 5. The lowest BCUT2D eigenvalue weighted by Gasteiger charge is -2.36. The molecule has 168 valence electrons. The monoisotopic (exact) mass is 437 g/mol. The molecule has 5 nitrogen and oxygen atoms in total. The maximum absolute atomic E-state index is 12.8. The summed E-state index contributed by atoms with van der Waals surface area (Å²) in [5, 5.41) is 7.50. The van der Waals surface area contributed by atoms with E-state index in [1.165, 1.54) is 5.56 Å². The van der Waals surface area contributed by atoms with E-state index in [-0.39, 0.29) is 12.1 Å². The van der Waals surface area contributed by atoms with Crippen molar-refractivity contribution in [1.29, 1.82) is 0 Å². The fourth-order valence-electron chi connectivity index (χ4n) is 4.21. The largest absolute Gasteiger partial charge is 0.339 e. The predicted molar refractivity (Wildman–Crippen MR) is 126 cm³/mol. The van der Waals surface area contributed by atoms with Gasteiger partial charge in [-0.15, -0.1) is 0 Å². The maximum atomic E-state index is 12.8. The Bertz CT molecular complexity index is 1020. The van der Waals surface area contributed by atoms with Gasteiger partial charge in [0.2, 0.25) is 0 Å². The second-order valence-electron chi connectivity index (χ2n) is 8.65. The van der Waals surface area contributed by atoms with Crippen molar-refractivity contribution in [2.75, 3.05) is 25.0 Å². The van der Waals surface area contributed by atoms with Gasteiger partial charge in [-0.25, -0.2) is 8.78 Å². The Morgan fingerprint density at radius 3 is 2.59 bits per heavy atom. The van der Waals surface area contributed by atoms with E-state index in [1.54, 1.807) is 6.20 Å². The number of rotatable bonds is 7. The first-order valence-electron chi connectivity index (χ1n) is 11.0. The molecule has 0 saturated carbocycles. The number of allylic oxidation sites excluding steroid dienone is 1. The van der Waals surface area contributed by atoms with Gasteiger partial charge in [0.25, 0.3) is 6.43 Å². The summed E-state index contributed by atoms with van der Waals surface area (Å²) in [4.78, 5) is 9.23.